The molecule has 0 saturated carbocycles. The molecule has 0 unspecified atom stereocenters. The zero-order chi connectivity index (χ0) is 24.3. The third-order valence-corrected chi connectivity index (χ3v) is 6.48. The van der Waals surface area contributed by atoms with Gasteiger partial charge < -0.3 is 10.2 Å². The number of hydrogen-bond acceptors (Lipinski definition) is 2. The Balaban J connectivity index is 1.91. The summed E-state index contributed by atoms with van der Waals surface area (Å²) in [5.74, 6) is -0.134. The van der Waals surface area contributed by atoms with Crippen LogP contribution in [0.5, 0.6) is 0 Å². The van der Waals surface area contributed by atoms with Crippen molar-refractivity contribution in [1.82, 2.24) is 10.2 Å². The minimum atomic E-state index is -0.598. The lowest BCUT2D eigenvalue weighted by molar-refractivity contribution is -0.141. The van der Waals surface area contributed by atoms with E-state index >= 15 is 0 Å². The number of nitrogens with zero attached hydrogens (tertiary/aromatic N) is 1. The first-order valence-corrected chi connectivity index (χ1v) is 12.7. The lowest BCUT2D eigenvalue weighted by Crippen LogP contribution is -2.52. The van der Waals surface area contributed by atoms with Crippen molar-refractivity contribution in [3.8, 4) is 0 Å². The summed E-state index contributed by atoms with van der Waals surface area (Å²) >= 11 is 3.53. The van der Waals surface area contributed by atoms with E-state index in [1.807, 2.05) is 98.8 Å². The van der Waals surface area contributed by atoms with Crippen molar-refractivity contribution in [2.45, 2.75) is 58.2 Å². The summed E-state index contributed by atoms with van der Waals surface area (Å²) in [5, 5.41) is 3.11. The molecule has 3 aromatic carbocycles. The molecule has 0 saturated heterocycles. The molecule has 1 N–H and O–H groups in total. The van der Waals surface area contributed by atoms with Gasteiger partial charge in [0.2, 0.25) is 11.8 Å². The molecule has 2 amide bonds. The van der Waals surface area contributed by atoms with Gasteiger partial charge in [0.25, 0.3) is 0 Å². The lowest BCUT2D eigenvalue weighted by atomic mass is 10.0. The molecule has 0 heterocycles. The molecule has 0 fully saturated rings. The summed E-state index contributed by atoms with van der Waals surface area (Å²) in [6.07, 6.45) is 2.28. The molecule has 178 valence electrons. The average molecular weight is 521 g/mol. The third-order valence-electron chi connectivity index (χ3n) is 5.98. The lowest BCUT2D eigenvalue weighted by Gasteiger charge is -2.32. The topological polar surface area (TPSA) is 49.4 Å². The average Bonchev–Trinajstić information content (AvgIpc) is 2.85. The Morgan fingerprint density at radius 1 is 0.882 bits per heavy atom. The van der Waals surface area contributed by atoms with E-state index < -0.39 is 6.04 Å². The maximum atomic E-state index is 13.6. The number of rotatable bonds is 11. The van der Waals surface area contributed by atoms with E-state index in [1.54, 1.807) is 4.90 Å². The Morgan fingerprint density at radius 3 is 2.12 bits per heavy atom. The second-order valence-electron chi connectivity index (χ2n) is 8.66. The SMILES string of the molecule is CC[C@@H](C)NC(=O)[C@@H](Cc1ccccc1)N(Cc1cccc(Br)c1)C(=O)CCc1ccccc1. The van der Waals surface area contributed by atoms with Crippen molar-refractivity contribution >= 4 is 27.7 Å². The molecule has 0 aromatic heterocycles. The van der Waals surface area contributed by atoms with Gasteiger partial charge in [0.05, 0.1) is 0 Å². The number of aryl methyl sites for hydroxylation is 1. The van der Waals surface area contributed by atoms with E-state index in [4.69, 9.17) is 0 Å². The monoisotopic (exact) mass is 520 g/mol. The predicted molar refractivity (Wildman–Crippen MR) is 141 cm³/mol. The summed E-state index contributed by atoms with van der Waals surface area (Å²) in [7, 11) is 0. The fourth-order valence-corrected chi connectivity index (χ4v) is 4.31. The molecule has 3 rings (SSSR count). The summed E-state index contributed by atoms with van der Waals surface area (Å²) in [5.41, 5.74) is 3.13. The fraction of sp³-hybridized carbons (Fsp3) is 0.310. The summed E-state index contributed by atoms with van der Waals surface area (Å²) in [4.78, 5) is 28.9. The van der Waals surface area contributed by atoms with Crippen molar-refractivity contribution in [2.24, 2.45) is 0 Å². The molecule has 3 aromatic rings. The zero-order valence-electron chi connectivity index (χ0n) is 19.9. The third kappa shape index (κ3) is 7.84. The highest BCUT2D eigenvalue weighted by atomic mass is 79.9. The molecule has 2 atom stereocenters. The fourth-order valence-electron chi connectivity index (χ4n) is 3.87. The van der Waals surface area contributed by atoms with Crippen molar-refractivity contribution in [3.63, 3.8) is 0 Å². The molecular weight excluding hydrogens is 488 g/mol. The minimum Gasteiger partial charge on any atom is -0.352 e. The maximum absolute atomic E-state index is 13.6. The molecule has 5 heteroatoms. The number of amides is 2. The van der Waals surface area contributed by atoms with Crippen molar-refractivity contribution < 1.29 is 9.59 Å². The number of hydrogen-bond donors (Lipinski definition) is 1. The Labute approximate surface area is 211 Å². The molecule has 0 aliphatic carbocycles. The molecule has 0 aliphatic rings. The highest BCUT2D eigenvalue weighted by Gasteiger charge is 2.30. The van der Waals surface area contributed by atoms with Crippen LogP contribution in [0.15, 0.2) is 89.4 Å². The van der Waals surface area contributed by atoms with Crippen LogP contribution in [0.4, 0.5) is 0 Å². The molecular formula is C29H33BrN2O2. The maximum Gasteiger partial charge on any atom is 0.243 e. The molecule has 0 radical (unpaired) electrons. The van der Waals surface area contributed by atoms with Gasteiger partial charge in [-0.3, -0.25) is 9.59 Å². The van der Waals surface area contributed by atoms with Crippen LogP contribution in [0.3, 0.4) is 0 Å². The Hall–Kier alpha value is -2.92. The van der Waals surface area contributed by atoms with Crippen LogP contribution in [0.1, 0.15) is 43.4 Å². The molecule has 4 nitrogen and oxygen atoms in total. The Bertz CT molecular complexity index is 1060. The van der Waals surface area contributed by atoms with Gasteiger partial charge in [-0.05, 0) is 48.6 Å². The Kier molecular flexibility index (Phi) is 9.89. The van der Waals surface area contributed by atoms with E-state index in [2.05, 4.69) is 21.2 Å². The first-order valence-electron chi connectivity index (χ1n) is 11.9. The van der Waals surface area contributed by atoms with Crippen LogP contribution in [0, 0.1) is 0 Å². The van der Waals surface area contributed by atoms with E-state index in [0.29, 0.717) is 25.8 Å². The highest BCUT2D eigenvalue weighted by Crippen LogP contribution is 2.19. The van der Waals surface area contributed by atoms with Crippen molar-refractivity contribution in [3.05, 3.63) is 106 Å². The van der Waals surface area contributed by atoms with E-state index in [9.17, 15) is 9.59 Å². The second-order valence-corrected chi connectivity index (χ2v) is 9.58. The van der Waals surface area contributed by atoms with Gasteiger partial charge in [-0.25, -0.2) is 0 Å². The minimum absolute atomic E-state index is 0.0240. The highest BCUT2D eigenvalue weighted by molar-refractivity contribution is 9.10. The zero-order valence-corrected chi connectivity index (χ0v) is 21.5. The molecule has 34 heavy (non-hydrogen) atoms. The van der Waals surface area contributed by atoms with Gasteiger partial charge in [-0.1, -0.05) is 95.7 Å². The van der Waals surface area contributed by atoms with Gasteiger partial charge in [-0.2, -0.15) is 0 Å². The van der Waals surface area contributed by atoms with Crippen LogP contribution in [-0.4, -0.2) is 28.8 Å². The van der Waals surface area contributed by atoms with Crippen LogP contribution in [-0.2, 0) is 29.0 Å². The van der Waals surface area contributed by atoms with Gasteiger partial charge in [0.1, 0.15) is 6.04 Å². The number of benzene rings is 3. The number of nitrogens with one attached hydrogen (secondary N) is 1. The second kappa shape index (κ2) is 13.1. The summed E-state index contributed by atoms with van der Waals surface area (Å²) in [6, 6.07) is 27.3. The summed E-state index contributed by atoms with van der Waals surface area (Å²) in [6.45, 7) is 4.41. The number of carbonyl (C=O) groups is 2. The molecule has 0 aliphatic heterocycles. The largest absolute Gasteiger partial charge is 0.352 e. The predicted octanol–water partition coefficient (Wildman–Crippen LogP) is 5.94. The van der Waals surface area contributed by atoms with E-state index in [-0.39, 0.29) is 17.9 Å². The van der Waals surface area contributed by atoms with E-state index in [0.717, 1.165) is 27.6 Å². The smallest absolute Gasteiger partial charge is 0.243 e. The Morgan fingerprint density at radius 2 is 1.50 bits per heavy atom. The van der Waals surface area contributed by atoms with Gasteiger partial charge in [0, 0.05) is 29.9 Å². The van der Waals surface area contributed by atoms with Crippen LogP contribution < -0.4 is 5.32 Å². The number of halogens is 1. The normalized spacial score (nSPS) is 12.6. The first-order chi connectivity index (χ1) is 16.5. The van der Waals surface area contributed by atoms with Crippen LogP contribution in [0.25, 0.3) is 0 Å². The molecule has 0 bridgehead atoms. The summed E-state index contributed by atoms with van der Waals surface area (Å²) < 4.78 is 0.949. The van der Waals surface area contributed by atoms with Gasteiger partial charge in [0.15, 0.2) is 0 Å². The van der Waals surface area contributed by atoms with Gasteiger partial charge in [-0.15, -0.1) is 0 Å². The van der Waals surface area contributed by atoms with Crippen molar-refractivity contribution in [1.29, 1.82) is 0 Å². The van der Waals surface area contributed by atoms with Crippen molar-refractivity contribution in [2.75, 3.05) is 0 Å². The quantitative estimate of drug-likeness (QED) is 0.340. The molecule has 0 spiro atoms. The standard InChI is InChI=1S/C29H33BrN2O2/c1-3-22(2)31-29(34)27(20-24-13-8-5-9-14-24)32(21-25-15-10-16-26(30)19-25)28(33)18-17-23-11-6-4-7-12-23/h4-16,19,22,27H,3,17-18,20-21H2,1-2H3,(H,31,34)/t22-,27-/m1/s1. The van der Waals surface area contributed by atoms with Crippen LogP contribution in [0.2, 0.25) is 0 Å². The van der Waals surface area contributed by atoms with E-state index in [1.165, 1.54) is 0 Å². The van der Waals surface area contributed by atoms with Crippen LogP contribution >= 0.6 is 15.9 Å². The first kappa shape index (κ1) is 25.7. The number of carbonyl (C=O) groups excluding carboxylic acids is 2. The van der Waals surface area contributed by atoms with Gasteiger partial charge >= 0.3 is 0 Å².